The van der Waals surface area contributed by atoms with E-state index in [0.29, 0.717) is 0 Å². The summed E-state index contributed by atoms with van der Waals surface area (Å²) in [6.45, 7) is 12.9. The molecular weight excluding hydrogens is 589 g/mol. The molecule has 0 atom stereocenters. The van der Waals surface area contributed by atoms with E-state index in [-0.39, 0.29) is 5.41 Å². The Balaban J connectivity index is 1.28. The number of hydrogen-bond acceptors (Lipinski definition) is 0. The summed E-state index contributed by atoms with van der Waals surface area (Å²) in [5.41, 5.74) is 15.1. The maximum atomic E-state index is 4.17. The number of rotatable bonds is 5. The third kappa shape index (κ3) is 4.45. The van der Waals surface area contributed by atoms with Gasteiger partial charge in [0.2, 0.25) is 0 Å². The third-order valence-electron chi connectivity index (χ3n) is 10.8. The second-order valence-corrected chi connectivity index (χ2v) is 13.8. The molecule has 0 unspecified atom stereocenters. The van der Waals surface area contributed by atoms with E-state index in [4.69, 9.17) is 0 Å². The summed E-state index contributed by atoms with van der Waals surface area (Å²) >= 11 is 0. The van der Waals surface area contributed by atoms with Crippen molar-refractivity contribution in [1.82, 2.24) is 0 Å². The molecule has 0 saturated carbocycles. The van der Waals surface area contributed by atoms with Crippen molar-refractivity contribution >= 4 is 44.5 Å². The van der Waals surface area contributed by atoms with Crippen LogP contribution in [0.5, 0.6) is 0 Å². The van der Waals surface area contributed by atoms with Gasteiger partial charge in [0.1, 0.15) is 0 Å². The van der Waals surface area contributed by atoms with E-state index in [1.165, 1.54) is 88.0 Å². The zero-order valence-electron chi connectivity index (χ0n) is 27.9. The minimum Gasteiger partial charge on any atom is -0.0984 e. The van der Waals surface area contributed by atoms with Gasteiger partial charge in [0.15, 0.2) is 0 Å². The minimum atomic E-state index is -0.0523. The highest BCUT2D eigenvalue weighted by Crippen LogP contribution is 2.50. The lowest BCUT2D eigenvalue weighted by Gasteiger charge is -2.22. The maximum absolute atomic E-state index is 4.17. The summed E-state index contributed by atoms with van der Waals surface area (Å²) in [5.74, 6) is 0. The van der Waals surface area contributed by atoms with Crippen molar-refractivity contribution in [2.45, 2.75) is 19.3 Å². The van der Waals surface area contributed by atoms with Crippen LogP contribution in [0.1, 0.15) is 36.1 Å². The van der Waals surface area contributed by atoms with Gasteiger partial charge >= 0.3 is 0 Å². The van der Waals surface area contributed by atoms with Crippen LogP contribution in [-0.4, -0.2) is 0 Å². The van der Waals surface area contributed by atoms with Gasteiger partial charge < -0.3 is 0 Å². The molecule has 9 rings (SSSR count). The first kappa shape index (κ1) is 29.2. The quantitative estimate of drug-likeness (QED) is 0.167. The summed E-state index contributed by atoms with van der Waals surface area (Å²) in [6, 6.07) is 54.0. The Morgan fingerprint density at radius 3 is 1.94 bits per heavy atom. The molecule has 49 heavy (non-hydrogen) atoms. The Hall–Kier alpha value is -5.98. The smallest absolute Gasteiger partial charge is 0.0159 e. The topological polar surface area (TPSA) is 0 Å². The van der Waals surface area contributed by atoms with Crippen molar-refractivity contribution in [3.63, 3.8) is 0 Å². The fourth-order valence-electron chi connectivity index (χ4n) is 8.32. The van der Waals surface area contributed by atoms with E-state index in [1.807, 2.05) is 12.2 Å². The van der Waals surface area contributed by atoms with Crippen molar-refractivity contribution < 1.29 is 0 Å². The molecule has 8 aromatic carbocycles. The predicted octanol–water partition coefficient (Wildman–Crippen LogP) is 13.7. The van der Waals surface area contributed by atoms with Gasteiger partial charge in [0.25, 0.3) is 0 Å². The lowest BCUT2D eigenvalue weighted by atomic mass is 9.81. The maximum Gasteiger partial charge on any atom is 0.0159 e. The summed E-state index contributed by atoms with van der Waals surface area (Å²) < 4.78 is 0. The van der Waals surface area contributed by atoms with Crippen LogP contribution in [0.3, 0.4) is 0 Å². The molecule has 0 fully saturated rings. The SMILES string of the molecule is C=Cc1ccc2cc(-c3ccc4c(-c5ccccc5)cc(-c5ccc6c(c5)C(C)(C)c5ccccc5-6)cc4c3)c3ccccc3c2c1C=C. The lowest BCUT2D eigenvalue weighted by Crippen LogP contribution is -2.14. The third-order valence-corrected chi connectivity index (χ3v) is 10.8. The summed E-state index contributed by atoms with van der Waals surface area (Å²) in [4.78, 5) is 0. The van der Waals surface area contributed by atoms with Gasteiger partial charge in [0, 0.05) is 5.41 Å². The molecule has 0 heterocycles. The normalized spacial score (nSPS) is 13.0. The Morgan fingerprint density at radius 2 is 1.12 bits per heavy atom. The Kier molecular flexibility index (Phi) is 6.58. The highest BCUT2D eigenvalue weighted by atomic mass is 14.4. The molecule has 0 nitrogen and oxygen atoms in total. The Bertz CT molecular complexity index is 2650. The largest absolute Gasteiger partial charge is 0.0984 e. The number of hydrogen-bond donors (Lipinski definition) is 0. The molecule has 1 aliphatic rings. The standard InChI is InChI=1S/C49H36/c1-5-31-20-21-35-28-45(40-16-10-11-18-43(40)48(35)38(31)6-2)34-23-24-39-37(26-34)27-36(29-44(39)32-14-8-7-9-15-32)33-22-25-42-41-17-12-13-19-46(41)49(3,4)47(42)30-33/h5-30H,1-2H2,3-4H3. The van der Waals surface area contributed by atoms with Crippen LogP contribution in [0.4, 0.5) is 0 Å². The molecule has 0 radical (unpaired) electrons. The zero-order valence-corrected chi connectivity index (χ0v) is 27.9. The molecule has 0 N–H and O–H groups in total. The minimum absolute atomic E-state index is 0.0523. The summed E-state index contributed by atoms with van der Waals surface area (Å²) in [5, 5.41) is 7.38. The second kappa shape index (κ2) is 11.0. The van der Waals surface area contributed by atoms with Crippen LogP contribution in [0.25, 0.3) is 89.0 Å². The van der Waals surface area contributed by atoms with Crippen LogP contribution in [0, 0.1) is 0 Å². The Morgan fingerprint density at radius 1 is 0.429 bits per heavy atom. The molecule has 0 spiro atoms. The Labute approximate surface area is 288 Å². The average molecular weight is 625 g/mol. The number of fused-ring (bicyclic) bond motifs is 7. The molecule has 0 saturated heterocycles. The summed E-state index contributed by atoms with van der Waals surface area (Å²) in [7, 11) is 0. The van der Waals surface area contributed by atoms with Gasteiger partial charge in [-0.25, -0.2) is 0 Å². The van der Waals surface area contributed by atoms with Gasteiger partial charge in [-0.15, -0.1) is 0 Å². The van der Waals surface area contributed by atoms with Crippen molar-refractivity contribution in [3.05, 3.63) is 181 Å². The first-order valence-electron chi connectivity index (χ1n) is 17.1. The molecule has 232 valence electrons. The van der Waals surface area contributed by atoms with Crippen LogP contribution >= 0.6 is 0 Å². The predicted molar refractivity (Wildman–Crippen MR) is 213 cm³/mol. The van der Waals surface area contributed by atoms with E-state index < -0.39 is 0 Å². The van der Waals surface area contributed by atoms with Crippen molar-refractivity contribution in [3.8, 4) is 44.5 Å². The van der Waals surface area contributed by atoms with E-state index >= 15 is 0 Å². The van der Waals surface area contributed by atoms with Gasteiger partial charge in [-0.1, -0.05) is 154 Å². The van der Waals surface area contributed by atoms with Crippen molar-refractivity contribution in [2.75, 3.05) is 0 Å². The fourth-order valence-corrected chi connectivity index (χ4v) is 8.32. The fraction of sp³-hybridized carbons (Fsp3) is 0.0612. The first-order valence-corrected chi connectivity index (χ1v) is 17.1. The van der Waals surface area contributed by atoms with Crippen molar-refractivity contribution in [2.24, 2.45) is 0 Å². The van der Waals surface area contributed by atoms with Crippen LogP contribution < -0.4 is 0 Å². The van der Waals surface area contributed by atoms with E-state index in [9.17, 15) is 0 Å². The molecular formula is C49H36. The van der Waals surface area contributed by atoms with E-state index in [1.54, 1.807) is 0 Å². The van der Waals surface area contributed by atoms with Crippen LogP contribution in [0.2, 0.25) is 0 Å². The average Bonchev–Trinajstić information content (AvgIpc) is 3.39. The highest BCUT2D eigenvalue weighted by Gasteiger charge is 2.35. The highest BCUT2D eigenvalue weighted by molar-refractivity contribution is 6.17. The van der Waals surface area contributed by atoms with E-state index in [2.05, 4.69) is 173 Å². The zero-order chi connectivity index (χ0) is 33.3. The lowest BCUT2D eigenvalue weighted by molar-refractivity contribution is 0.660. The summed E-state index contributed by atoms with van der Waals surface area (Å²) in [6.07, 6.45) is 3.89. The van der Waals surface area contributed by atoms with Crippen molar-refractivity contribution in [1.29, 1.82) is 0 Å². The van der Waals surface area contributed by atoms with Crippen LogP contribution in [-0.2, 0) is 5.41 Å². The molecule has 0 heteroatoms. The molecule has 8 aromatic rings. The molecule has 0 aliphatic heterocycles. The van der Waals surface area contributed by atoms with Gasteiger partial charge in [-0.3, -0.25) is 0 Å². The van der Waals surface area contributed by atoms with Gasteiger partial charge in [-0.2, -0.15) is 0 Å². The van der Waals surface area contributed by atoms with Gasteiger partial charge in [0.05, 0.1) is 0 Å². The molecule has 0 amide bonds. The monoisotopic (exact) mass is 624 g/mol. The van der Waals surface area contributed by atoms with Gasteiger partial charge in [-0.05, 0) is 129 Å². The molecule has 1 aliphatic carbocycles. The molecule has 0 aromatic heterocycles. The van der Waals surface area contributed by atoms with Crippen LogP contribution in [0.15, 0.2) is 159 Å². The first-order chi connectivity index (χ1) is 24.0. The second-order valence-electron chi connectivity index (χ2n) is 13.8. The number of benzene rings is 8. The molecule has 0 bridgehead atoms. The van der Waals surface area contributed by atoms with E-state index in [0.717, 1.165) is 11.1 Å².